The van der Waals surface area contributed by atoms with Crippen LogP contribution in [0.3, 0.4) is 0 Å². The molecular weight excluding hydrogens is 410 g/mol. The summed E-state index contributed by atoms with van der Waals surface area (Å²) in [6, 6.07) is 11.3. The predicted molar refractivity (Wildman–Crippen MR) is 105 cm³/mol. The van der Waals surface area contributed by atoms with E-state index in [0.29, 0.717) is 9.21 Å². The van der Waals surface area contributed by atoms with Gasteiger partial charge in [-0.15, -0.1) is 17.9 Å². The fourth-order valence-electron chi connectivity index (χ4n) is 2.29. The smallest absolute Gasteiger partial charge is 0.323 e. The van der Waals surface area contributed by atoms with Gasteiger partial charge in [0.25, 0.3) is 0 Å². The maximum atomic E-state index is 12.6. The number of amides is 1. The van der Waals surface area contributed by atoms with Gasteiger partial charge < -0.3 is 4.74 Å². The monoisotopic (exact) mass is 427 g/mol. The maximum Gasteiger partial charge on any atom is 0.323 e. The lowest BCUT2D eigenvalue weighted by Crippen LogP contribution is -2.41. The summed E-state index contributed by atoms with van der Waals surface area (Å²) < 4.78 is 32.7. The molecule has 1 aromatic carbocycles. The zero-order valence-corrected chi connectivity index (χ0v) is 16.8. The third-order valence-electron chi connectivity index (χ3n) is 3.64. The van der Waals surface area contributed by atoms with E-state index >= 15 is 0 Å². The van der Waals surface area contributed by atoms with Crippen LogP contribution in [0.1, 0.15) is 23.5 Å². The molecule has 0 bridgehead atoms. The second kappa shape index (κ2) is 9.16. The molecule has 2 unspecified atom stereocenters. The molecule has 1 amide bonds. The van der Waals surface area contributed by atoms with E-state index in [9.17, 15) is 18.0 Å². The van der Waals surface area contributed by atoms with Gasteiger partial charge in [-0.05, 0) is 30.7 Å². The minimum atomic E-state index is -4.15. The van der Waals surface area contributed by atoms with Crippen molar-refractivity contribution < 1.29 is 22.7 Å². The van der Waals surface area contributed by atoms with E-state index in [4.69, 9.17) is 16.3 Å². The van der Waals surface area contributed by atoms with Crippen molar-refractivity contribution in [1.82, 2.24) is 4.72 Å². The number of halogens is 1. The van der Waals surface area contributed by atoms with Crippen LogP contribution in [0.15, 0.2) is 55.1 Å². The van der Waals surface area contributed by atoms with Crippen molar-refractivity contribution in [2.45, 2.75) is 18.6 Å². The molecule has 0 aliphatic heterocycles. The number of ether oxygens (including phenoxy) is 1. The van der Waals surface area contributed by atoms with Crippen LogP contribution in [0, 0.1) is 5.92 Å². The third-order valence-corrected chi connectivity index (χ3v) is 6.70. The number of esters is 1. The second-order valence-corrected chi connectivity index (χ2v) is 9.05. The number of hydrogen-bond donors (Lipinski definition) is 1. The summed E-state index contributed by atoms with van der Waals surface area (Å²) in [6.07, 6.45) is 1.28. The normalized spacial score (nSPS) is 13.4. The first-order valence-corrected chi connectivity index (χ1v) is 10.7. The molecule has 0 radical (unpaired) electrons. The molecule has 144 valence electrons. The van der Waals surface area contributed by atoms with E-state index in [1.165, 1.54) is 6.08 Å². The lowest BCUT2D eigenvalue weighted by atomic mass is 10.1. The van der Waals surface area contributed by atoms with Gasteiger partial charge in [-0.1, -0.05) is 42.8 Å². The highest BCUT2D eigenvalue weighted by molar-refractivity contribution is 7.90. The number of carbonyl (C=O) groups is 2. The highest BCUT2D eigenvalue weighted by atomic mass is 35.5. The van der Waals surface area contributed by atoms with E-state index < -0.39 is 33.1 Å². The van der Waals surface area contributed by atoms with Crippen LogP contribution in [-0.4, -0.2) is 20.3 Å². The molecule has 1 aromatic heterocycles. The van der Waals surface area contributed by atoms with E-state index in [2.05, 4.69) is 6.58 Å². The van der Waals surface area contributed by atoms with Crippen LogP contribution >= 0.6 is 22.9 Å². The van der Waals surface area contributed by atoms with Gasteiger partial charge in [-0.3, -0.25) is 14.3 Å². The van der Waals surface area contributed by atoms with E-state index in [1.54, 1.807) is 49.4 Å². The maximum absolute atomic E-state index is 12.6. The number of benzene rings is 1. The Morgan fingerprint density at radius 2 is 1.93 bits per heavy atom. The molecule has 0 saturated heterocycles. The van der Waals surface area contributed by atoms with Gasteiger partial charge in [-0.25, -0.2) is 8.42 Å². The van der Waals surface area contributed by atoms with Crippen molar-refractivity contribution >= 4 is 44.8 Å². The molecule has 1 heterocycles. The van der Waals surface area contributed by atoms with E-state index in [-0.39, 0.29) is 12.2 Å². The molecule has 0 spiro atoms. The van der Waals surface area contributed by atoms with Gasteiger partial charge in [0.2, 0.25) is 15.9 Å². The Morgan fingerprint density at radius 3 is 2.44 bits per heavy atom. The average molecular weight is 428 g/mol. The number of carbonyl (C=O) groups excluding carboxylic acids is 2. The molecule has 6 nitrogen and oxygen atoms in total. The van der Waals surface area contributed by atoms with Crippen molar-refractivity contribution in [3.05, 3.63) is 64.3 Å². The quantitative estimate of drug-likeness (QED) is 0.300. The van der Waals surface area contributed by atoms with Crippen LogP contribution in [0.2, 0.25) is 4.34 Å². The van der Waals surface area contributed by atoms with E-state index in [0.717, 1.165) is 11.3 Å². The lowest BCUT2D eigenvalue weighted by Gasteiger charge is -2.17. The summed E-state index contributed by atoms with van der Waals surface area (Å²) in [5, 5.41) is -1.17. The average Bonchev–Trinajstić information content (AvgIpc) is 3.02. The Morgan fingerprint density at radius 1 is 1.26 bits per heavy atom. The fourth-order valence-corrected chi connectivity index (χ4v) is 5.04. The number of nitrogens with one attached hydrogen (secondary N) is 1. The zero-order valence-electron chi connectivity index (χ0n) is 14.4. The number of hydrogen-bond acceptors (Lipinski definition) is 6. The molecule has 2 aromatic rings. The summed E-state index contributed by atoms with van der Waals surface area (Å²) in [5.41, 5.74) is 0. The molecule has 0 fully saturated rings. The van der Waals surface area contributed by atoms with Gasteiger partial charge in [0, 0.05) is 4.88 Å². The van der Waals surface area contributed by atoms with Gasteiger partial charge in [0.15, 0.2) is 0 Å². The molecule has 2 atom stereocenters. The van der Waals surface area contributed by atoms with Crippen molar-refractivity contribution in [3.63, 3.8) is 0 Å². The van der Waals surface area contributed by atoms with Crippen LogP contribution in [-0.2, 0) is 19.6 Å². The zero-order chi connectivity index (χ0) is 20.0. The van der Waals surface area contributed by atoms with Gasteiger partial charge in [-0.2, -0.15) is 0 Å². The molecule has 0 aliphatic rings. The van der Waals surface area contributed by atoms with Crippen LogP contribution in [0.4, 0.5) is 0 Å². The largest absolute Gasteiger partial charge is 0.426 e. The van der Waals surface area contributed by atoms with Gasteiger partial charge in [0.05, 0.1) is 4.34 Å². The predicted octanol–water partition coefficient (Wildman–Crippen LogP) is 3.71. The minimum absolute atomic E-state index is 0.0800. The first-order chi connectivity index (χ1) is 12.8. The third kappa shape index (κ3) is 5.41. The molecule has 27 heavy (non-hydrogen) atoms. The number of para-hydroxylation sites is 1. The highest BCUT2D eigenvalue weighted by Crippen LogP contribution is 2.32. The number of sulfonamides is 1. The fraction of sp³-hybridized carbons (Fsp3) is 0.222. The summed E-state index contributed by atoms with van der Waals surface area (Å²) in [7, 11) is -4.15. The Balaban J connectivity index is 2.14. The van der Waals surface area contributed by atoms with Crippen molar-refractivity contribution in [2.75, 3.05) is 0 Å². The van der Waals surface area contributed by atoms with Crippen LogP contribution in [0.25, 0.3) is 0 Å². The summed E-state index contributed by atoms with van der Waals surface area (Å²) in [5.74, 6) is -2.77. The number of thiophene rings is 1. The van der Waals surface area contributed by atoms with Gasteiger partial charge >= 0.3 is 5.97 Å². The minimum Gasteiger partial charge on any atom is -0.426 e. The highest BCUT2D eigenvalue weighted by Gasteiger charge is 2.33. The SMILES string of the molecule is C=CC(c1ccc(Cl)s1)S(=O)(=O)NC(=O)C(CC)C(=O)Oc1ccccc1. The summed E-state index contributed by atoms with van der Waals surface area (Å²) >= 11 is 6.92. The molecule has 2 rings (SSSR count). The first kappa shape index (κ1) is 21.1. The Labute approximate surface area is 166 Å². The topological polar surface area (TPSA) is 89.5 Å². The summed E-state index contributed by atoms with van der Waals surface area (Å²) in [6.45, 7) is 5.11. The van der Waals surface area contributed by atoms with Crippen molar-refractivity contribution in [1.29, 1.82) is 0 Å². The first-order valence-electron chi connectivity index (χ1n) is 7.98. The Kier molecular flexibility index (Phi) is 7.18. The van der Waals surface area contributed by atoms with E-state index in [1.807, 2.05) is 4.72 Å². The molecule has 0 saturated carbocycles. The standard InChI is InChI=1S/C18H18ClNO5S2/c1-3-13(18(22)25-12-8-6-5-7-9-12)17(21)20-27(23,24)15(4-2)14-10-11-16(19)26-14/h4-11,13,15H,2-3H2,1H3,(H,20,21). The van der Waals surface area contributed by atoms with Crippen molar-refractivity contribution in [2.24, 2.45) is 5.92 Å². The van der Waals surface area contributed by atoms with Gasteiger partial charge in [0.1, 0.15) is 16.9 Å². The Hall–Kier alpha value is -2.16. The molecule has 0 aliphatic carbocycles. The van der Waals surface area contributed by atoms with Crippen molar-refractivity contribution in [3.8, 4) is 5.75 Å². The molecular formula is C18H18ClNO5S2. The van der Waals surface area contributed by atoms with Crippen LogP contribution < -0.4 is 9.46 Å². The number of rotatable bonds is 8. The second-order valence-electron chi connectivity index (χ2n) is 5.50. The van der Waals surface area contributed by atoms with Crippen LogP contribution in [0.5, 0.6) is 5.75 Å². The summed E-state index contributed by atoms with van der Waals surface area (Å²) in [4.78, 5) is 25.1. The lowest BCUT2D eigenvalue weighted by molar-refractivity contribution is -0.144. The molecule has 9 heteroatoms. The molecule has 1 N–H and O–H groups in total. The Bertz CT molecular complexity index is 924.